The lowest BCUT2D eigenvalue weighted by molar-refractivity contribution is -0.154. The number of alkyl carbamates (subject to hydrolysis) is 1. The quantitative estimate of drug-likeness (QED) is 0.221. The first kappa shape index (κ1) is 34.3. The molecule has 0 spiro atoms. The molecule has 3 aromatic rings. The normalized spacial score (nSPS) is 18.1. The van der Waals surface area contributed by atoms with Crippen LogP contribution < -0.4 is 10.6 Å². The van der Waals surface area contributed by atoms with E-state index in [1.54, 1.807) is 57.2 Å². The molecule has 3 amide bonds. The van der Waals surface area contributed by atoms with Crippen LogP contribution in [0.2, 0.25) is 0 Å². The van der Waals surface area contributed by atoms with Crippen molar-refractivity contribution in [3.63, 3.8) is 0 Å². The Hall–Kier alpha value is -5.03. The van der Waals surface area contributed by atoms with E-state index in [1.165, 1.54) is 16.7 Å². The van der Waals surface area contributed by atoms with Gasteiger partial charge in [-0.05, 0) is 55.3 Å². The monoisotopic (exact) mass is 668 g/mol. The summed E-state index contributed by atoms with van der Waals surface area (Å²) >= 11 is 1.43. The van der Waals surface area contributed by atoms with Crippen molar-refractivity contribution < 1.29 is 28.7 Å². The first-order chi connectivity index (χ1) is 22.9. The van der Waals surface area contributed by atoms with E-state index in [4.69, 9.17) is 9.47 Å². The number of β-lactam (4-membered cyclic amide) rings is 1. The van der Waals surface area contributed by atoms with Crippen molar-refractivity contribution in [2.45, 2.75) is 49.9 Å². The van der Waals surface area contributed by atoms with Gasteiger partial charge in [-0.3, -0.25) is 14.5 Å². The molecule has 5 rings (SSSR count). The second-order valence-corrected chi connectivity index (χ2v) is 13.8. The molecule has 10 nitrogen and oxygen atoms in total. The van der Waals surface area contributed by atoms with Crippen LogP contribution in [0.15, 0.2) is 115 Å². The zero-order valence-corrected chi connectivity index (χ0v) is 28.4. The number of allylic oxidation sites excluding steroid dienone is 1. The first-order valence-corrected chi connectivity index (χ1v) is 16.7. The maximum absolute atomic E-state index is 14.1. The molecule has 0 aliphatic carbocycles. The molecule has 250 valence electrons. The van der Waals surface area contributed by atoms with Gasteiger partial charge < -0.3 is 25.0 Å². The number of nitrogens with one attached hydrogen (secondary N) is 2. The minimum Gasteiger partial charge on any atom is -0.448 e. The van der Waals surface area contributed by atoms with Gasteiger partial charge >= 0.3 is 12.1 Å². The smallest absolute Gasteiger partial charge is 0.408 e. The van der Waals surface area contributed by atoms with Gasteiger partial charge in [0.2, 0.25) is 5.91 Å². The van der Waals surface area contributed by atoms with Crippen LogP contribution in [0.25, 0.3) is 0 Å². The Labute approximate surface area is 285 Å². The number of carbonyl (C=O) groups is 4. The second-order valence-electron chi connectivity index (χ2n) is 12.6. The van der Waals surface area contributed by atoms with Crippen molar-refractivity contribution in [1.29, 1.82) is 0 Å². The third kappa shape index (κ3) is 8.09. The van der Waals surface area contributed by atoms with Crippen LogP contribution in [0.4, 0.5) is 4.79 Å². The summed E-state index contributed by atoms with van der Waals surface area (Å²) in [5.41, 5.74) is 2.08. The van der Waals surface area contributed by atoms with E-state index in [-0.39, 0.29) is 5.70 Å². The number of nitrogens with zero attached hydrogens (tertiary/aromatic N) is 2. The van der Waals surface area contributed by atoms with Gasteiger partial charge in [0.25, 0.3) is 5.91 Å². The van der Waals surface area contributed by atoms with Gasteiger partial charge in [-0.15, -0.1) is 11.8 Å². The molecule has 11 heteroatoms. The van der Waals surface area contributed by atoms with E-state index < -0.39 is 53.0 Å². The summed E-state index contributed by atoms with van der Waals surface area (Å²) in [4.78, 5) is 57.6. The lowest BCUT2D eigenvalue weighted by Gasteiger charge is -2.49. The molecule has 0 radical (unpaired) electrons. The van der Waals surface area contributed by atoms with Crippen molar-refractivity contribution in [3.8, 4) is 0 Å². The van der Waals surface area contributed by atoms with Gasteiger partial charge in [0, 0.05) is 19.8 Å². The Balaban J connectivity index is 1.40. The van der Waals surface area contributed by atoms with Gasteiger partial charge in [0.05, 0.1) is 0 Å². The summed E-state index contributed by atoms with van der Waals surface area (Å²) in [6, 6.07) is 25.5. The van der Waals surface area contributed by atoms with Crippen LogP contribution in [-0.2, 0) is 23.9 Å². The van der Waals surface area contributed by atoms with Crippen molar-refractivity contribution in [1.82, 2.24) is 20.4 Å². The minimum absolute atomic E-state index is 0.135. The summed E-state index contributed by atoms with van der Waals surface area (Å²) in [5, 5.41) is 4.90. The van der Waals surface area contributed by atoms with Crippen LogP contribution in [0, 0.1) is 0 Å². The summed E-state index contributed by atoms with van der Waals surface area (Å²) in [6.45, 7) is 5.18. The van der Waals surface area contributed by atoms with E-state index in [9.17, 15) is 19.2 Å². The highest BCUT2D eigenvalue weighted by Gasteiger charge is 2.55. The zero-order valence-electron chi connectivity index (χ0n) is 27.6. The van der Waals surface area contributed by atoms with Gasteiger partial charge in [0.15, 0.2) is 6.10 Å². The maximum Gasteiger partial charge on any atom is 0.408 e. The number of hydrogen-bond donors (Lipinski definition) is 2. The number of thioether (sulfide) groups is 1. The number of esters is 1. The highest BCUT2D eigenvalue weighted by Crippen LogP contribution is 2.42. The Kier molecular flexibility index (Phi) is 10.6. The molecule has 2 N–H and O–H groups in total. The summed E-state index contributed by atoms with van der Waals surface area (Å²) in [6.07, 6.45) is 2.13. The molecular weight excluding hydrogens is 628 g/mol. The molecule has 1 fully saturated rings. The van der Waals surface area contributed by atoms with Crippen LogP contribution in [0.3, 0.4) is 0 Å². The predicted octanol–water partition coefficient (Wildman–Crippen LogP) is 5.31. The molecular formula is C37H40N4O6S. The van der Waals surface area contributed by atoms with Gasteiger partial charge in [0.1, 0.15) is 28.8 Å². The predicted molar refractivity (Wildman–Crippen MR) is 184 cm³/mol. The lowest BCUT2D eigenvalue weighted by atomic mass is 10.00. The summed E-state index contributed by atoms with van der Waals surface area (Å²) in [7, 11) is 3.73. The Bertz CT molecular complexity index is 1650. The standard InChI is InChI=1S/C37H40N4O6S/c1-37(2,3)47-36(45)39-28(24-15-9-6-10-16-24)32(42)38-29-33(43)41-30(27(21-22-40(4)5)23-48-34(29)41)35(44)46-31(25-17-11-7-12-18-25)26-19-13-8-14-20-26/h6-22,28-29,31,34H,23H2,1-5H3,(H,38,42)(H,39,45)/t28-,29?,34?/m1/s1. The fraction of sp³-hybridized carbons (Fsp3) is 0.297. The van der Waals surface area contributed by atoms with Gasteiger partial charge in [-0.1, -0.05) is 91.0 Å². The lowest BCUT2D eigenvalue weighted by Crippen LogP contribution is -2.71. The molecule has 0 saturated carbocycles. The van der Waals surface area contributed by atoms with Gasteiger partial charge in [-0.2, -0.15) is 0 Å². The Morgan fingerprint density at radius 1 is 0.896 bits per heavy atom. The second kappa shape index (κ2) is 14.8. The topological polar surface area (TPSA) is 117 Å². The third-order valence-electron chi connectivity index (χ3n) is 7.55. The number of ether oxygens (including phenoxy) is 2. The number of fused-ring (bicyclic) bond motifs is 1. The Morgan fingerprint density at radius 2 is 1.44 bits per heavy atom. The summed E-state index contributed by atoms with van der Waals surface area (Å²) in [5.74, 6) is -1.29. The number of amides is 3. The number of carbonyl (C=O) groups excluding carboxylic acids is 4. The van der Waals surface area contributed by atoms with E-state index in [0.717, 1.165) is 11.1 Å². The van der Waals surface area contributed by atoms with E-state index in [2.05, 4.69) is 10.6 Å². The van der Waals surface area contributed by atoms with Crippen LogP contribution in [0.5, 0.6) is 0 Å². The van der Waals surface area contributed by atoms with Gasteiger partial charge in [-0.25, -0.2) is 9.59 Å². The molecule has 3 atom stereocenters. The van der Waals surface area contributed by atoms with Crippen LogP contribution in [0.1, 0.15) is 49.6 Å². The summed E-state index contributed by atoms with van der Waals surface area (Å²) < 4.78 is 11.6. The average molecular weight is 669 g/mol. The molecule has 1 saturated heterocycles. The molecule has 2 heterocycles. The third-order valence-corrected chi connectivity index (χ3v) is 8.85. The highest BCUT2D eigenvalue weighted by atomic mass is 32.2. The fourth-order valence-electron chi connectivity index (χ4n) is 5.35. The van der Waals surface area contributed by atoms with E-state index in [0.29, 0.717) is 16.9 Å². The molecule has 0 aromatic heterocycles. The van der Waals surface area contributed by atoms with Crippen molar-refractivity contribution in [2.24, 2.45) is 0 Å². The highest BCUT2D eigenvalue weighted by molar-refractivity contribution is 8.00. The molecule has 0 bridgehead atoms. The van der Waals surface area contributed by atoms with Crippen molar-refractivity contribution in [2.75, 3.05) is 19.8 Å². The first-order valence-electron chi connectivity index (χ1n) is 15.6. The fourth-order valence-corrected chi connectivity index (χ4v) is 6.67. The van der Waals surface area contributed by atoms with E-state index >= 15 is 0 Å². The van der Waals surface area contributed by atoms with Crippen LogP contribution in [-0.4, -0.2) is 70.5 Å². The van der Waals surface area contributed by atoms with E-state index in [1.807, 2.05) is 85.9 Å². The molecule has 2 aliphatic rings. The SMILES string of the molecule is CN(C)C=CC1=C(C(=O)OC(c2ccccc2)c2ccccc2)N2C(=O)C(NC(=O)[C@H](NC(=O)OC(C)(C)C)c3ccccc3)C2SC1. The zero-order chi connectivity index (χ0) is 34.4. The number of rotatable bonds is 10. The number of hydrogen-bond acceptors (Lipinski definition) is 8. The largest absolute Gasteiger partial charge is 0.448 e. The molecule has 48 heavy (non-hydrogen) atoms. The minimum atomic E-state index is -1.12. The molecule has 3 aromatic carbocycles. The van der Waals surface area contributed by atoms with Crippen molar-refractivity contribution in [3.05, 3.63) is 131 Å². The molecule has 2 aliphatic heterocycles. The van der Waals surface area contributed by atoms with Crippen molar-refractivity contribution >= 4 is 35.6 Å². The maximum atomic E-state index is 14.1. The Morgan fingerprint density at radius 3 is 1.96 bits per heavy atom. The van der Waals surface area contributed by atoms with Crippen LogP contribution >= 0.6 is 11.8 Å². The average Bonchev–Trinajstić information content (AvgIpc) is 3.07. The number of benzene rings is 3. The molecule has 2 unspecified atom stereocenters.